The molecule has 1 aliphatic heterocycles. The van der Waals surface area contributed by atoms with Crippen LogP contribution in [0.2, 0.25) is 0 Å². The standard InChI is InChI=1S/C8H8BrNO2/c9-7-5(10)1-2-6-8(7)12-4-3-11-6/h1-2H,3-4,10H2. The molecule has 12 heavy (non-hydrogen) atoms. The summed E-state index contributed by atoms with van der Waals surface area (Å²) in [4.78, 5) is 0. The SMILES string of the molecule is Nc1ccc2c(c1Br)OCCO2. The minimum Gasteiger partial charge on any atom is -0.486 e. The van der Waals surface area contributed by atoms with E-state index in [0.717, 1.165) is 10.2 Å². The van der Waals surface area contributed by atoms with E-state index in [9.17, 15) is 0 Å². The van der Waals surface area contributed by atoms with Gasteiger partial charge in [-0.3, -0.25) is 0 Å². The summed E-state index contributed by atoms with van der Waals surface area (Å²) in [5.74, 6) is 1.46. The molecule has 1 aromatic rings. The molecular weight excluding hydrogens is 222 g/mol. The molecule has 0 bridgehead atoms. The Morgan fingerprint density at radius 2 is 2.00 bits per heavy atom. The van der Waals surface area contributed by atoms with E-state index >= 15 is 0 Å². The largest absolute Gasteiger partial charge is 0.486 e. The van der Waals surface area contributed by atoms with Crippen LogP contribution in [0.3, 0.4) is 0 Å². The Hall–Kier alpha value is -0.900. The van der Waals surface area contributed by atoms with Crippen LogP contribution in [-0.2, 0) is 0 Å². The molecule has 0 saturated heterocycles. The highest BCUT2D eigenvalue weighted by molar-refractivity contribution is 9.10. The van der Waals surface area contributed by atoms with E-state index in [1.807, 2.05) is 6.07 Å². The molecule has 1 heterocycles. The second kappa shape index (κ2) is 2.86. The first-order valence-corrected chi connectivity index (χ1v) is 4.42. The summed E-state index contributed by atoms with van der Waals surface area (Å²) in [6.07, 6.45) is 0. The Morgan fingerprint density at radius 3 is 2.83 bits per heavy atom. The van der Waals surface area contributed by atoms with Crippen molar-refractivity contribution in [2.24, 2.45) is 0 Å². The fourth-order valence-corrected chi connectivity index (χ4v) is 1.54. The number of anilines is 1. The maximum atomic E-state index is 5.66. The van der Waals surface area contributed by atoms with Crippen LogP contribution < -0.4 is 15.2 Å². The van der Waals surface area contributed by atoms with Crippen LogP contribution in [-0.4, -0.2) is 13.2 Å². The average molecular weight is 230 g/mol. The van der Waals surface area contributed by atoms with E-state index in [1.165, 1.54) is 0 Å². The summed E-state index contributed by atoms with van der Waals surface area (Å²) >= 11 is 3.34. The van der Waals surface area contributed by atoms with Crippen molar-refractivity contribution in [1.82, 2.24) is 0 Å². The Morgan fingerprint density at radius 1 is 1.25 bits per heavy atom. The number of nitrogens with two attached hydrogens (primary N) is 1. The van der Waals surface area contributed by atoms with Crippen LogP contribution in [0, 0.1) is 0 Å². The molecule has 0 radical (unpaired) electrons. The molecular formula is C8H8BrNO2. The molecule has 0 fully saturated rings. The van der Waals surface area contributed by atoms with Gasteiger partial charge in [-0.25, -0.2) is 0 Å². The topological polar surface area (TPSA) is 44.5 Å². The Bertz CT molecular complexity index is 314. The molecule has 4 heteroatoms. The van der Waals surface area contributed by atoms with E-state index in [4.69, 9.17) is 15.2 Å². The normalized spacial score (nSPS) is 14.4. The fourth-order valence-electron chi connectivity index (χ4n) is 1.10. The maximum Gasteiger partial charge on any atom is 0.177 e. The van der Waals surface area contributed by atoms with Crippen molar-refractivity contribution >= 4 is 21.6 Å². The van der Waals surface area contributed by atoms with Crippen molar-refractivity contribution in [3.63, 3.8) is 0 Å². The summed E-state index contributed by atoms with van der Waals surface area (Å²) in [5, 5.41) is 0. The minimum absolute atomic E-state index is 0.578. The number of hydrogen-bond donors (Lipinski definition) is 1. The molecule has 64 valence electrons. The van der Waals surface area contributed by atoms with Crippen molar-refractivity contribution in [2.75, 3.05) is 18.9 Å². The quantitative estimate of drug-likeness (QED) is 0.691. The van der Waals surface area contributed by atoms with Crippen LogP contribution in [0.15, 0.2) is 16.6 Å². The fraction of sp³-hybridized carbons (Fsp3) is 0.250. The number of benzene rings is 1. The molecule has 0 saturated carbocycles. The number of ether oxygens (including phenoxy) is 2. The van der Waals surface area contributed by atoms with Gasteiger partial charge in [0.05, 0.1) is 4.47 Å². The molecule has 0 aromatic heterocycles. The lowest BCUT2D eigenvalue weighted by molar-refractivity contribution is 0.170. The van der Waals surface area contributed by atoms with Gasteiger partial charge in [0.15, 0.2) is 11.5 Å². The molecule has 3 nitrogen and oxygen atoms in total. The summed E-state index contributed by atoms with van der Waals surface area (Å²) in [5.41, 5.74) is 6.33. The maximum absolute atomic E-state index is 5.66. The third kappa shape index (κ3) is 1.12. The lowest BCUT2D eigenvalue weighted by atomic mass is 10.2. The molecule has 0 unspecified atom stereocenters. The highest BCUT2D eigenvalue weighted by atomic mass is 79.9. The lowest BCUT2D eigenvalue weighted by Gasteiger charge is -2.19. The highest BCUT2D eigenvalue weighted by Gasteiger charge is 2.15. The van der Waals surface area contributed by atoms with Crippen LogP contribution in [0.1, 0.15) is 0 Å². The minimum atomic E-state index is 0.578. The van der Waals surface area contributed by atoms with E-state index in [1.54, 1.807) is 6.07 Å². The monoisotopic (exact) mass is 229 g/mol. The lowest BCUT2D eigenvalue weighted by Crippen LogP contribution is -2.15. The first kappa shape index (κ1) is 7.73. The van der Waals surface area contributed by atoms with Gasteiger partial charge in [0.2, 0.25) is 0 Å². The zero-order valence-electron chi connectivity index (χ0n) is 6.34. The predicted molar refractivity (Wildman–Crippen MR) is 49.5 cm³/mol. The number of halogens is 1. The van der Waals surface area contributed by atoms with Crippen molar-refractivity contribution < 1.29 is 9.47 Å². The molecule has 2 N–H and O–H groups in total. The Kier molecular flexibility index (Phi) is 1.84. The third-order valence-corrected chi connectivity index (χ3v) is 2.50. The average Bonchev–Trinajstić information content (AvgIpc) is 2.12. The predicted octanol–water partition coefficient (Wildman–Crippen LogP) is 1.80. The summed E-state index contributed by atoms with van der Waals surface area (Å²) in [6.45, 7) is 1.18. The number of rotatable bonds is 0. The van der Waals surface area contributed by atoms with Gasteiger partial charge >= 0.3 is 0 Å². The summed E-state index contributed by atoms with van der Waals surface area (Å²) in [6, 6.07) is 3.60. The zero-order chi connectivity index (χ0) is 8.55. The molecule has 0 spiro atoms. The Balaban J connectivity index is 2.54. The second-order valence-corrected chi connectivity index (χ2v) is 3.29. The van der Waals surface area contributed by atoms with Crippen molar-refractivity contribution in [3.8, 4) is 11.5 Å². The van der Waals surface area contributed by atoms with E-state index < -0.39 is 0 Å². The van der Waals surface area contributed by atoms with Gasteiger partial charge in [-0.05, 0) is 28.1 Å². The van der Waals surface area contributed by atoms with Gasteiger partial charge in [-0.15, -0.1) is 0 Å². The van der Waals surface area contributed by atoms with Gasteiger partial charge in [-0.2, -0.15) is 0 Å². The van der Waals surface area contributed by atoms with Gasteiger partial charge in [0.25, 0.3) is 0 Å². The molecule has 0 aliphatic carbocycles. The number of hydrogen-bond acceptors (Lipinski definition) is 3. The van der Waals surface area contributed by atoms with Crippen LogP contribution in [0.4, 0.5) is 5.69 Å². The third-order valence-electron chi connectivity index (χ3n) is 1.68. The van der Waals surface area contributed by atoms with Crippen LogP contribution in [0.5, 0.6) is 11.5 Å². The second-order valence-electron chi connectivity index (χ2n) is 2.49. The smallest absolute Gasteiger partial charge is 0.177 e. The molecule has 2 rings (SSSR count). The van der Waals surface area contributed by atoms with E-state index in [-0.39, 0.29) is 0 Å². The molecule has 0 amide bonds. The van der Waals surface area contributed by atoms with Crippen LogP contribution in [0.25, 0.3) is 0 Å². The number of nitrogen functional groups attached to an aromatic ring is 1. The first-order chi connectivity index (χ1) is 5.79. The number of fused-ring (bicyclic) bond motifs is 1. The highest BCUT2D eigenvalue weighted by Crippen LogP contribution is 2.40. The van der Waals surface area contributed by atoms with Gasteiger partial charge in [0, 0.05) is 5.69 Å². The van der Waals surface area contributed by atoms with Crippen molar-refractivity contribution in [2.45, 2.75) is 0 Å². The first-order valence-electron chi connectivity index (χ1n) is 3.62. The molecule has 0 atom stereocenters. The van der Waals surface area contributed by atoms with Crippen LogP contribution >= 0.6 is 15.9 Å². The zero-order valence-corrected chi connectivity index (χ0v) is 7.93. The van der Waals surface area contributed by atoms with E-state index in [0.29, 0.717) is 24.7 Å². The summed E-state index contributed by atoms with van der Waals surface area (Å²) in [7, 11) is 0. The molecule has 1 aliphatic rings. The van der Waals surface area contributed by atoms with E-state index in [2.05, 4.69) is 15.9 Å². The molecule has 1 aromatic carbocycles. The van der Waals surface area contributed by atoms with Gasteiger partial charge in [-0.1, -0.05) is 0 Å². The Labute approximate surface area is 78.6 Å². The van der Waals surface area contributed by atoms with Gasteiger partial charge in [0.1, 0.15) is 13.2 Å². The van der Waals surface area contributed by atoms with Crippen molar-refractivity contribution in [1.29, 1.82) is 0 Å². The van der Waals surface area contributed by atoms with Crippen molar-refractivity contribution in [3.05, 3.63) is 16.6 Å². The summed E-state index contributed by atoms with van der Waals surface area (Å²) < 4.78 is 11.5. The van der Waals surface area contributed by atoms with Gasteiger partial charge < -0.3 is 15.2 Å².